The van der Waals surface area contributed by atoms with Crippen molar-refractivity contribution in [3.05, 3.63) is 0 Å². The Labute approximate surface area is 91.0 Å². The maximum Gasteiger partial charge on any atom is 0.101 e. The summed E-state index contributed by atoms with van der Waals surface area (Å²) in [6, 6.07) is 0. The number of hydrogen-bond donors (Lipinski definition) is 2. The summed E-state index contributed by atoms with van der Waals surface area (Å²) >= 11 is 0. The lowest BCUT2D eigenvalue weighted by atomic mass is 10.2. The summed E-state index contributed by atoms with van der Waals surface area (Å²) in [6.45, 7) is 1.32. The number of rotatable bonds is 10. The Morgan fingerprint density at radius 3 is 2.20 bits per heavy atom. The Kier molecular flexibility index (Phi) is 10.2. The van der Waals surface area contributed by atoms with Gasteiger partial charge in [0.05, 0.1) is 25.9 Å². The molecule has 0 aliphatic carbocycles. The van der Waals surface area contributed by atoms with E-state index in [9.17, 15) is 10.2 Å². The smallest absolute Gasteiger partial charge is 0.101 e. The molecule has 0 amide bonds. The number of methoxy groups -OCH3 is 2. The minimum absolute atomic E-state index is 0.190. The van der Waals surface area contributed by atoms with E-state index < -0.39 is 12.2 Å². The highest BCUT2D eigenvalue weighted by molar-refractivity contribution is 4.56. The fraction of sp³-hybridized carbons (Fsp3) is 1.00. The quantitative estimate of drug-likeness (QED) is 0.501. The lowest BCUT2D eigenvalue weighted by Gasteiger charge is -2.13. The molecule has 0 radical (unpaired) electrons. The van der Waals surface area contributed by atoms with E-state index in [1.165, 1.54) is 7.11 Å². The predicted molar refractivity (Wildman–Crippen MR) is 55.8 cm³/mol. The minimum Gasteiger partial charge on any atom is -0.391 e. The molecular formula is C10H22O5. The van der Waals surface area contributed by atoms with Crippen LogP contribution in [0.5, 0.6) is 0 Å². The summed E-state index contributed by atoms with van der Waals surface area (Å²) < 4.78 is 14.7. The molecule has 5 heteroatoms. The largest absolute Gasteiger partial charge is 0.391 e. The van der Waals surface area contributed by atoms with Gasteiger partial charge in [0, 0.05) is 20.8 Å². The molecular weight excluding hydrogens is 200 g/mol. The monoisotopic (exact) mass is 222 g/mol. The van der Waals surface area contributed by atoms with Gasteiger partial charge in [-0.15, -0.1) is 0 Å². The molecule has 2 unspecified atom stereocenters. The Morgan fingerprint density at radius 2 is 1.60 bits per heavy atom. The third-order valence-electron chi connectivity index (χ3n) is 1.87. The van der Waals surface area contributed by atoms with Crippen molar-refractivity contribution >= 4 is 0 Å². The third kappa shape index (κ3) is 10.1. The summed E-state index contributed by atoms with van der Waals surface area (Å²) in [5.74, 6) is 0. The molecule has 0 spiro atoms. The minimum atomic E-state index is -0.624. The van der Waals surface area contributed by atoms with Crippen LogP contribution in [0.15, 0.2) is 0 Å². The number of aliphatic hydroxyl groups is 2. The van der Waals surface area contributed by atoms with Crippen LogP contribution in [-0.4, -0.2) is 63.1 Å². The first-order valence-electron chi connectivity index (χ1n) is 5.12. The summed E-state index contributed by atoms with van der Waals surface area (Å²) in [4.78, 5) is 0. The fourth-order valence-corrected chi connectivity index (χ4v) is 1.13. The molecule has 0 heterocycles. The second-order valence-electron chi connectivity index (χ2n) is 3.44. The normalized spacial score (nSPS) is 15.2. The van der Waals surface area contributed by atoms with Gasteiger partial charge in [-0.2, -0.15) is 0 Å². The summed E-state index contributed by atoms with van der Waals surface area (Å²) in [5, 5.41) is 18.6. The van der Waals surface area contributed by atoms with Crippen LogP contribution in [0.1, 0.15) is 12.8 Å². The van der Waals surface area contributed by atoms with Crippen molar-refractivity contribution in [1.82, 2.24) is 0 Å². The predicted octanol–water partition coefficient (Wildman–Crippen LogP) is -0.202. The van der Waals surface area contributed by atoms with Gasteiger partial charge in [0.2, 0.25) is 0 Å². The highest BCUT2D eigenvalue weighted by Crippen LogP contribution is 1.98. The number of aliphatic hydroxyl groups excluding tert-OH is 2. The van der Waals surface area contributed by atoms with E-state index in [0.29, 0.717) is 13.0 Å². The molecule has 0 aromatic carbocycles. The molecule has 15 heavy (non-hydrogen) atoms. The molecule has 0 saturated carbocycles. The van der Waals surface area contributed by atoms with Crippen molar-refractivity contribution < 1.29 is 24.4 Å². The second kappa shape index (κ2) is 10.3. The maximum absolute atomic E-state index is 9.43. The molecule has 0 rings (SSSR count). The second-order valence-corrected chi connectivity index (χ2v) is 3.44. The van der Waals surface area contributed by atoms with Crippen molar-refractivity contribution in [3.63, 3.8) is 0 Å². The zero-order valence-corrected chi connectivity index (χ0v) is 9.52. The van der Waals surface area contributed by atoms with E-state index in [0.717, 1.165) is 6.42 Å². The summed E-state index contributed by atoms with van der Waals surface area (Å²) in [5.41, 5.74) is 0. The molecule has 0 saturated heterocycles. The maximum atomic E-state index is 9.43. The first-order chi connectivity index (χ1) is 7.20. The molecule has 92 valence electrons. The first kappa shape index (κ1) is 14.8. The topological polar surface area (TPSA) is 68.2 Å². The standard InChI is InChI=1S/C10H22O5/c1-13-5-3-4-9(11)7-15-8-10(12)6-14-2/h9-12H,3-8H2,1-2H3. The van der Waals surface area contributed by atoms with Gasteiger partial charge in [0.15, 0.2) is 0 Å². The van der Waals surface area contributed by atoms with Gasteiger partial charge in [-0.3, -0.25) is 0 Å². The molecule has 0 aromatic heterocycles. The van der Waals surface area contributed by atoms with Crippen molar-refractivity contribution in [3.8, 4) is 0 Å². The van der Waals surface area contributed by atoms with E-state index in [-0.39, 0.29) is 19.8 Å². The van der Waals surface area contributed by atoms with Crippen molar-refractivity contribution in [2.24, 2.45) is 0 Å². The van der Waals surface area contributed by atoms with Crippen molar-refractivity contribution in [2.75, 3.05) is 40.6 Å². The van der Waals surface area contributed by atoms with Crippen LogP contribution < -0.4 is 0 Å². The summed E-state index contributed by atoms with van der Waals surface area (Å²) in [6.07, 6.45) is 0.339. The number of hydrogen-bond acceptors (Lipinski definition) is 5. The molecule has 0 fully saturated rings. The average Bonchev–Trinajstić information content (AvgIpc) is 2.18. The van der Waals surface area contributed by atoms with E-state index in [4.69, 9.17) is 14.2 Å². The van der Waals surface area contributed by atoms with Crippen LogP contribution in [0.2, 0.25) is 0 Å². The first-order valence-corrected chi connectivity index (χ1v) is 5.12. The van der Waals surface area contributed by atoms with Crippen LogP contribution in [-0.2, 0) is 14.2 Å². The van der Waals surface area contributed by atoms with Gasteiger partial charge in [0.1, 0.15) is 6.10 Å². The zero-order valence-electron chi connectivity index (χ0n) is 9.52. The Balaban J connectivity index is 3.26. The molecule has 0 aromatic rings. The van der Waals surface area contributed by atoms with Gasteiger partial charge < -0.3 is 24.4 Å². The summed E-state index contributed by atoms with van der Waals surface area (Å²) in [7, 11) is 3.15. The molecule has 0 aliphatic rings. The fourth-order valence-electron chi connectivity index (χ4n) is 1.13. The van der Waals surface area contributed by atoms with Crippen LogP contribution >= 0.6 is 0 Å². The SMILES string of the molecule is COCCCC(O)COCC(O)COC. The third-order valence-corrected chi connectivity index (χ3v) is 1.87. The van der Waals surface area contributed by atoms with E-state index in [1.807, 2.05) is 0 Å². The zero-order chi connectivity index (χ0) is 11.5. The lowest BCUT2D eigenvalue weighted by molar-refractivity contribution is -0.0337. The Hall–Kier alpha value is -0.200. The highest BCUT2D eigenvalue weighted by atomic mass is 16.5. The van der Waals surface area contributed by atoms with Crippen LogP contribution in [0.25, 0.3) is 0 Å². The highest BCUT2D eigenvalue weighted by Gasteiger charge is 2.07. The van der Waals surface area contributed by atoms with Crippen LogP contribution in [0.3, 0.4) is 0 Å². The molecule has 0 aliphatic heterocycles. The van der Waals surface area contributed by atoms with Gasteiger partial charge in [-0.1, -0.05) is 0 Å². The van der Waals surface area contributed by atoms with Gasteiger partial charge in [-0.05, 0) is 12.8 Å². The molecule has 5 nitrogen and oxygen atoms in total. The molecule has 2 N–H and O–H groups in total. The van der Waals surface area contributed by atoms with Crippen LogP contribution in [0.4, 0.5) is 0 Å². The Morgan fingerprint density at radius 1 is 0.933 bits per heavy atom. The van der Waals surface area contributed by atoms with E-state index in [2.05, 4.69) is 0 Å². The number of ether oxygens (including phenoxy) is 3. The average molecular weight is 222 g/mol. The van der Waals surface area contributed by atoms with Crippen molar-refractivity contribution in [2.45, 2.75) is 25.0 Å². The van der Waals surface area contributed by atoms with E-state index >= 15 is 0 Å². The molecule has 2 atom stereocenters. The Bertz CT molecular complexity index is 131. The lowest BCUT2D eigenvalue weighted by Crippen LogP contribution is -2.24. The van der Waals surface area contributed by atoms with Crippen molar-refractivity contribution in [1.29, 1.82) is 0 Å². The van der Waals surface area contributed by atoms with E-state index in [1.54, 1.807) is 7.11 Å². The van der Waals surface area contributed by atoms with Crippen LogP contribution in [0, 0.1) is 0 Å². The van der Waals surface area contributed by atoms with Gasteiger partial charge in [0.25, 0.3) is 0 Å². The van der Waals surface area contributed by atoms with Gasteiger partial charge in [-0.25, -0.2) is 0 Å². The molecule has 0 bridgehead atoms. The van der Waals surface area contributed by atoms with Gasteiger partial charge >= 0.3 is 0 Å².